The van der Waals surface area contributed by atoms with E-state index >= 15 is 0 Å². The molecule has 1 amide bonds. The van der Waals surface area contributed by atoms with Crippen molar-refractivity contribution in [3.63, 3.8) is 0 Å². The maximum absolute atomic E-state index is 12.8. The zero-order chi connectivity index (χ0) is 16.2. The second-order valence-electron chi connectivity index (χ2n) is 6.60. The summed E-state index contributed by atoms with van der Waals surface area (Å²) in [5.74, 6) is 0.692. The summed E-state index contributed by atoms with van der Waals surface area (Å²) in [6.07, 6.45) is 6.05. The number of ether oxygens (including phenoxy) is 1. The van der Waals surface area contributed by atoms with Gasteiger partial charge >= 0.3 is 0 Å². The average molecular weight is 315 g/mol. The van der Waals surface area contributed by atoms with Gasteiger partial charge in [0.15, 0.2) is 5.69 Å². The van der Waals surface area contributed by atoms with Crippen molar-refractivity contribution in [2.24, 2.45) is 7.05 Å². The van der Waals surface area contributed by atoms with Gasteiger partial charge in [-0.3, -0.25) is 9.48 Å². The van der Waals surface area contributed by atoms with Crippen LogP contribution in [-0.4, -0.2) is 31.8 Å². The third-order valence-electron chi connectivity index (χ3n) is 4.78. The first-order valence-electron chi connectivity index (χ1n) is 8.04. The van der Waals surface area contributed by atoms with Crippen LogP contribution in [0.15, 0.2) is 12.4 Å². The van der Waals surface area contributed by atoms with E-state index in [0.29, 0.717) is 12.1 Å². The minimum Gasteiger partial charge on any atom is -0.369 e. The Morgan fingerprint density at radius 2 is 2.26 bits per heavy atom. The van der Waals surface area contributed by atoms with Gasteiger partial charge in [0.25, 0.3) is 5.91 Å². The van der Waals surface area contributed by atoms with Crippen molar-refractivity contribution in [3.05, 3.63) is 35.2 Å². The molecule has 4 rings (SSSR count). The van der Waals surface area contributed by atoms with Gasteiger partial charge in [-0.05, 0) is 26.7 Å². The van der Waals surface area contributed by atoms with Crippen LogP contribution < -0.4 is 5.32 Å². The molecule has 1 aliphatic carbocycles. The highest BCUT2D eigenvalue weighted by atomic mass is 16.5. The van der Waals surface area contributed by atoms with Crippen LogP contribution in [0.25, 0.3) is 0 Å². The molecule has 1 fully saturated rings. The molecule has 1 aliphatic heterocycles. The van der Waals surface area contributed by atoms with Crippen molar-refractivity contribution in [2.75, 3.05) is 0 Å². The maximum atomic E-state index is 12.8. The predicted octanol–water partition coefficient (Wildman–Crippen LogP) is 1.58. The zero-order valence-corrected chi connectivity index (χ0v) is 13.6. The molecular formula is C16H21N5O2. The standard InChI is InChI=1S/C16H21N5O2/c1-9-8-11-12(20-21(3)13(11)10(2)23-9)14(22)19-16(4-5-16)15-17-6-7-18-15/h6-7,9-10H,4-5,8H2,1-3H3,(H,17,18)(H,19,22)/t9-,10+/m1/s1. The number of aryl methyl sites for hydroxylation is 1. The number of fused-ring (bicyclic) bond motifs is 1. The average Bonchev–Trinajstić information content (AvgIpc) is 2.95. The number of rotatable bonds is 3. The fourth-order valence-corrected chi connectivity index (χ4v) is 3.57. The lowest BCUT2D eigenvalue weighted by atomic mass is 9.99. The van der Waals surface area contributed by atoms with Gasteiger partial charge < -0.3 is 15.0 Å². The van der Waals surface area contributed by atoms with E-state index < -0.39 is 0 Å². The normalized spacial score (nSPS) is 25.0. The number of nitrogens with one attached hydrogen (secondary N) is 2. The van der Waals surface area contributed by atoms with E-state index in [-0.39, 0.29) is 23.7 Å². The molecule has 2 aliphatic rings. The van der Waals surface area contributed by atoms with Gasteiger partial charge in [-0.2, -0.15) is 5.10 Å². The van der Waals surface area contributed by atoms with Crippen molar-refractivity contribution < 1.29 is 9.53 Å². The number of hydrogen-bond acceptors (Lipinski definition) is 4. The fourth-order valence-electron chi connectivity index (χ4n) is 3.57. The molecule has 0 aromatic carbocycles. The molecule has 23 heavy (non-hydrogen) atoms. The molecule has 2 aromatic rings. The highest BCUT2D eigenvalue weighted by Gasteiger charge is 2.49. The number of aromatic nitrogens is 4. The molecule has 122 valence electrons. The quantitative estimate of drug-likeness (QED) is 0.900. The molecular weight excluding hydrogens is 294 g/mol. The van der Waals surface area contributed by atoms with Crippen LogP contribution >= 0.6 is 0 Å². The summed E-state index contributed by atoms with van der Waals surface area (Å²) in [5, 5.41) is 7.59. The van der Waals surface area contributed by atoms with Crippen molar-refractivity contribution in [2.45, 2.75) is 50.9 Å². The topological polar surface area (TPSA) is 84.8 Å². The highest BCUT2D eigenvalue weighted by Crippen LogP contribution is 2.44. The highest BCUT2D eigenvalue weighted by molar-refractivity contribution is 5.95. The molecule has 0 radical (unpaired) electrons. The Morgan fingerprint density at radius 3 is 2.91 bits per heavy atom. The zero-order valence-electron chi connectivity index (χ0n) is 13.6. The van der Waals surface area contributed by atoms with E-state index in [1.54, 1.807) is 17.1 Å². The summed E-state index contributed by atoms with van der Waals surface area (Å²) in [6.45, 7) is 4.03. The number of amides is 1. The van der Waals surface area contributed by atoms with Crippen LogP contribution in [0.2, 0.25) is 0 Å². The van der Waals surface area contributed by atoms with Gasteiger partial charge in [0, 0.05) is 31.4 Å². The minimum atomic E-state index is -0.354. The first-order valence-corrected chi connectivity index (χ1v) is 8.04. The molecule has 0 bridgehead atoms. The summed E-state index contributed by atoms with van der Waals surface area (Å²) < 4.78 is 7.62. The second kappa shape index (κ2) is 4.92. The molecule has 7 nitrogen and oxygen atoms in total. The number of carbonyl (C=O) groups is 1. The van der Waals surface area contributed by atoms with E-state index in [9.17, 15) is 4.79 Å². The Bertz CT molecular complexity index is 745. The van der Waals surface area contributed by atoms with Crippen LogP contribution in [0.1, 0.15) is 60.4 Å². The first-order chi connectivity index (χ1) is 11.0. The molecule has 2 atom stereocenters. The lowest BCUT2D eigenvalue weighted by molar-refractivity contribution is -0.00903. The van der Waals surface area contributed by atoms with Crippen LogP contribution in [0.3, 0.4) is 0 Å². The lowest BCUT2D eigenvalue weighted by Crippen LogP contribution is -2.36. The second-order valence-corrected chi connectivity index (χ2v) is 6.60. The summed E-state index contributed by atoms with van der Waals surface area (Å²) in [6, 6.07) is 0. The van der Waals surface area contributed by atoms with Gasteiger partial charge in [0.2, 0.25) is 0 Å². The van der Waals surface area contributed by atoms with Crippen molar-refractivity contribution >= 4 is 5.91 Å². The number of H-pyrrole nitrogens is 1. The molecule has 0 unspecified atom stereocenters. The number of aromatic amines is 1. The Hall–Kier alpha value is -2.15. The van der Waals surface area contributed by atoms with Crippen LogP contribution in [-0.2, 0) is 23.7 Å². The number of carbonyl (C=O) groups excluding carboxylic acids is 1. The molecule has 7 heteroatoms. The summed E-state index contributed by atoms with van der Waals surface area (Å²) in [4.78, 5) is 20.2. The van der Waals surface area contributed by atoms with Gasteiger partial charge in [-0.1, -0.05) is 0 Å². The Balaban J connectivity index is 1.64. The summed E-state index contributed by atoms with van der Waals surface area (Å²) in [5.41, 5.74) is 2.16. The van der Waals surface area contributed by atoms with Gasteiger partial charge in [-0.15, -0.1) is 0 Å². The molecule has 2 N–H and O–H groups in total. The smallest absolute Gasteiger partial charge is 0.272 e. The van der Waals surface area contributed by atoms with Gasteiger partial charge in [0.1, 0.15) is 5.82 Å². The van der Waals surface area contributed by atoms with Crippen LogP contribution in [0, 0.1) is 0 Å². The molecule has 2 aromatic heterocycles. The Kier molecular flexibility index (Phi) is 3.09. The van der Waals surface area contributed by atoms with E-state index in [0.717, 1.165) is 29.9 Å². The Morgan fingerprint density at radius 1 is 1.48 bits per heavy atom. The molecule has 0 saturated heterocycles. The molecule has 1 saturated carbocycles. The summed E-state index contributed by atoms with van der Waals surface area (Å²) in [7, 11) is 1.87. The first kappa shape index (κ1) is 14.4. The largest absolute Gasteiger partial charge is 0.369 e. The SMILES string of the molecule is C[C@@H]1Cc2c(C(=O)NC3(c4ncc[nH]4)CC3)nn(C)c2[C@H](C)O1. The van der Waals surface area contributed by atoms with Crippen molar-refractivity contribution in [1.82, 2.24) is 25.1 Å². The predicted molar refractivity (Wildman–Crippen MR) is 82.8 cm³/mol. The minimum absolute atomic E-state index is 0.0484. The lowest BCUT2D eigenvalue weighted by Gasteiger charge is -2.26. The fraction of sp³-hybridized carbons (Fsp3) is 0.562. The van der Waals surface area contributed by atoms with Crippen LogP contribution in [0.4, 0.5) is 0 Å². The summed E-state index contributed by atoms with van der Waals surface area (Å²) >= 11 is 0. The van der Waals surface area contributed by atoms with E-state index in [1.165, 1.54) is 0 Å². The molecule has 0 spiro atoms. The van der Waals surface area contributed by atoms with Gasteiger partial charge in [-0.25, -0.2) is 4.98 Å². The van der Waals surface area contributed by atoms with Crippen molar-refractivity contribution in [1.29, 1.82) is 0 Å². The van der Waals surface area contributed by atoms with E-state index in [1.807, 2.05) is 20.9 Å². The van der Waals surface area contributed by atoms with Crippen LogP contribution in [0.5, 0.6) is 0 Å². The Labute approximate surface area is 134 Å². The third-order valence-corrected chi connectivity index (χ3v) is 4.78. The molecule has 3 heterocycles. The van der Waals surface area contributed by atoms with Crippen molar-refractivity contribution in [3.8, 4) is 0 Å². The number of hydrogen-bond donors (Lipinski definition) is 2. The third kappa shape index (κ3) is 2.26. The van der Waals surface area contributed by atoms with E-state index in [2.05, 4.69) is 20.4 Å². The monoisotopic (exact) mass is 315 g/mol. The number of imidazole rings is 1. The van der Waals surface area contributed by atoms with Gasteiger partial charge in [0.05, 0.1) is 23.4 Å². The van der Waals surface area contributed by atoms with E-state index in [4.69, 9.17) is 4.74 Å². The maximum Gasteiger partial charge on any atom is 0.272 e. The number of nitrogens with zero attached hydrogens (tertiary/aromatic N) is 3.